The van der Waals surface area contributed by atoms with E-state index in [2.05, 4.69) is 20.0 Å². The minimum atomic E-state index is -3.87. The third kappa shape index (κ3) is 4.54. The molecule has 0 aliphatic carbocycles. The number of anilines is 2. The van der Waals surface area contributed by atoms with E-state index in [9.17, 15) is 13.2 Å². The molecule has 0 saturated carbocycles. The van der Waals surface area contributed by atoms with Gasteiger partial charge in [0, 0.05) is 18.7 Å². The molecule has 0 spiro atoms. The highest BCUT2D eigenvalue weighted by Crippen LogP contribution is 2.20. The number of carbonyl (C=O) groups is 1. The minimum absolute atomic E-state index is 0.000281. The second-order valence-electron chi connectivity index (χ2n) is 4.37. The average molecular weight is 357 g/mol. The maximum Gasteiger partial charge on any atom is 0.319 e. The molecule has 0 bridgehead atoms. The molecule has 0 atom stereocenters. The monoisotopic (exact) mass is 356 g/mol. The Hall–Kier alpha value is -2.39. The number of ether oxygens (including phenoxy) is 1. The van der Waals surface area contributed by atoms with Gasteiger partial charge in [-0.25, -0.2) is 8.42 Å². The van der Waals surface area contributed by atoms with Crippen LogP contribution in [0.25, 0.3) is 0 Å². The van der Waals surface area contributed by atoms with Crippen LogP contribution in [0.3, 0.4) is 0 Å². The Kier molecular flexibility index (Phi) is 5.02. The van der Waals surface area contributed by atoms with Crippen LogP contribution in [-0.4, -0.2) is 31.4 Å². The predicted molar refractivity (Wildman–Crippen MR) is 85.1 cm³/mol. The van der Waals surface area contributed by atoms with E-state index >= 15 is 0 Å². The van der Waals surface area contributed by atoms with Crippen molar-refractivity contribution in [3.63, 3.8) is 0 Å². The van der Waals surface area contributed by atoms with Gasteiger partial charge in [-0.15, -0.1) is 0 Å². The fourth-order valence-corrected chi connectivity index (χ4v) is 2.83. The van der Waals surface area contributed by atoms with Crippen molar-refractivity contribution in [3.8, 4) is 6.01 Å². The number of hydrogen-bond acceptors (Lipinski definition) is 6. The van der Waals surface area contributed by atoms with Crippen LogP contribution in [0.5, 0.6) is 6.01 Å². The van der Waals surface area contributed by atoms with Crippen molar-refractivity contribution >= 4 is 39.0 Å². The van der Waals surface area contributed by atoms with Gasteiger partial charge in [-0.05, 0) is 24.3 Å². The van der Waals surface area contributed by atoms with E-state index in [1.807, 2.05) is 0 Å². The molecule has 2 rings (SSSR count). The zero-order valence-corrected chi connectivity index (χ0v) is 13.8. The number of aromatic nitrogens is 2. The summed E-state index contributed by atoms with van der Waals surface area (Å²) >= 11 is 5.77. The molecule has 2 N–H and O–H groups in total. The van der Waals surface area contributed by atoms with Gasteiger partial charge in [-0.3, -0.25) is 9.52 Å². The van der Waals surface area contributed by atoms with Crippen LogP contribution in [0.2, 0.25) is 5.15 Å². The van der Waals surface area contributed by atoms with E-state index in [0.717, 1.165) is 0 Å². The van der Waals surface area contributed by atoms with Crippen LogP contribution < -0.4 is 14.8 Å². The first-order chi connectivity index (χ1) is 10.8. The molecule has 1 aromatic heterocycles. The van der Waals surface area contributed by atoms with Gasteiger partial charge in [0.05, 0.1) is 12.0 Å². The Morgan fingerprint density at radius 1 is 1.22 bits per heavy atom. The van der Waals surface area contributed by atoms with E-state index < -0.39 is 10.0 Å². The summed E-state index contributed by atoms with van der Waals surface area (Å²) in [6.07, 6.45) is 0. The normalized spacial score (nSPS) is 10.9. The van der Waals surface area contributed by atoms with Crippen molar-refractivity contribution in [1.82, 2.24) is 9.97 Å². The summed E-state index contributed by atoms with van der Waals surface area (Å²) in [5, 5.41) is 2.58. The van der Waals surface area contributed by atoms with Crippen molar-refractivity contribution < 1.29 is 17.9 Å². The summed E-state index contributed by atoms with van der Waals surface area (Å²) in [4.78, 5) is 18.6. The number of hydrogen-bond donors (Lipinski definition) is 2. The molecular weight excluding hydrogens is 344 g/mol. The SMILES string of the molecule is COc1nc(Cl)cc(NS(=O)(=O)c2ccc(NC(C)=O)cc2)n1. The molecule has 10 heteroatoms. The maximum atomic E-state index is 12.3. The fourth-order valence-electron chi connectivity index (χ4n) is 1.66. The van der Waals surface area contributed by atoms with E-state index in [4.69, 9.17) is 16.3 Å². The van der Waals surface area contributed by atoms with E-state index in [1.165, 1.54) is 44.4 Å². The largest absolute Gasteiger partial charge is 0.467 e. The van der Waals surface area contributed by atoms with Crippen LogP contribution in [0.15, 0.2) is 35.2 Å². The zero-order chi connectivity index (χ0) is 17.0. The predicted octanol–water partition coefficient (Wildman–Crippen LogP) is 1.90. The summed E-state index contributed by atoms with van der Waals surface area (Å²) < 4.78 is 31.7. The van der Waals surface area contributed by atoms with Crippen LogP contribution >= 0.6 is 11.6 Å². The summed E-state index contributed by atoms with van der Waals surface area (Å²) in [7, 11) is -2.53. The lowest BCUT2D eigenvalue weighted by atomic mass is 10.3. The lowest BCUT2D eigenvalue weighted by Gasteiger charge is -2.09. The first-order valence-electron chi connectivity index (χ1n) is 6.29. The number of amides is 1. The van der Waals surface area contributed by atoms with Crippen LogP contribution in [-0.2, 0) is 14.8 Å². The van der Waals surface area contributed by atoms with Crippen molar-refractivity contribution in [2.24, 2.45) is 0 Å². The summed E-state index contributed by atoms with van der Waals surface area (Å²) in [6.45, 7) is 1.36. The van der Waals surface area contributed by atoms with Crippen molar-refractivity contribution in [2.45, 2.75) is 11.8 Å². The fraction of sp³-hybridized carbons (Fsp3) is 0.154. The Morgan fingerprint density at radius 3 is 2.43 bits per heavy atom. The summed E-state index contributed by atoms with van der Waals surface area (Å²) in [5.74, 6) is -0.269. The highest BCUT2D eigenvalue weighted by atomic mass is 35.5. The molecule has 122 valence electrons. The standard InChI is InChI=1S/C13H13ClN4O4S/c1-8(19)15-9-3-5-10(6-4-9)23(20,21)18-12-7-11(14)16-13(17-12)22-2/h3-7H,1-2H3,(H,15,19)(H,16,17,18). The molecule has 0 saturated heterocycles. The third-order valence-corrected chi connectivity index (χ3v) is 4.15. The first-order valence-corrected chi connectivity index (χ1v) is 8.15. The second-order valence-corrected chi connectivity index (χ2v) is 6.44. The van der Waals surface area contributed by atoms with E-state index in [0.29, 0.717) is 5.69 Å². The Bertz CT molecular complexity index is 824. The third-order valence-electron chi connectivity index (χ3n) is 2.58. The van der Waals surface area contributed by atoms with Gasteiger partial charge in [0.25, 0.3) is 10.0 Å². The van der Waals surface area contributed by atoms with Gasteiger partial charge in [0.15, 0.2) is 0 Å². The molecule has 8 nitrogen and oxygen atoms in total. The second kappa shape index (κ2) is 6.80. The molecule has 1 heterocycles. The molecule has 2 aromatic rings. The Balaban J connectivity index is 2.25. The first kappa shape index (κ1) is 17.0. The van der Waals surface area contributed by atoms with Crippen LogP contribution in [0, 0.1) is 0 Å². The van der Waals surface area contributed by atoms with Gasteiger partial charge in [-0.2, -0.15) is 9.97 Å². The zero-order valence-electron chi connectivity index (χ0n) is 12.2. The number of nitrogens with zero attached hydrogens (tertiary/aromatic N) is 2. The van der Waals surface area contributed by atoms with Crippen molar-refractivity contribution in [2.75, 3.05) is 17.1 Å². The van der Waals surface area contributed by atoms with Gasteiger partial charge >= 0.3 is 6.01 Å². The molecule has 0 aliphatic heterocycles. The Morgan fingerprint density at radius 2 is 1.87 bits per heavy atom. The van der Waals surface area contributed by atoms with Gasteiger partial charge in [-0.1, -0.05) is 11.6 Å². The molecule has 0 aliphatic rings. The maximum absolute atomic E-state index is 12.3. The lowest BCUT2D eigenvalue weighted by molar-refractivity contribution is -0.114. The van der Waals surface area contributed by atoms with Crippen molar-refractivity contribution in [3.05, 3.63) is 35.5 Å². The molecule has 0 unspecified atom stereocenters. The number of methoxy groups -OCH3 is 1. The summed E-state index contributed by atoms with van der Waals surface area (Å²) in [5.41, 5.74) is 0.489. The highest BCUT2D eigenvalue weighted by Gasteiger charge is 2.16. The van der Waals surface area contributed by atoms with Crippen molar-refractivity contribution in [1.29, 1.82) is 0 Å². The number of sulfonamides is 1. The van der Waals surface area contributed by atoms with E-state index in [1.54, 1.807) is 0 Å². The average Bonchev–Trinajstić information content (AvgIpc) is 2.46. The topological polar surface area (TPSA) is 110 Å². The number of halogens is 1. The van der Waals surface area contributed by atoms with Gasteiger partial charge in [0.1, 0.15) is 11.0 Å². The quantitative estimate of drug-likeness (QED) is 0.791. The number of rotatable bonds is 5. The lowest BCUT2D eigenvalue weighted by Crippen LogP contribution is -2.14. The van der Waals surface area contributed by atoms with Crippen LogP contribution in [0.1, 0.15) is 6.92 Å². The van der Waals surface area contributed by atoms with Gasteiger partial charge in [0.2, 0.25) is 5.91 Å². The molecule has 1 aromatic carbocycles. The number of benzene rings is 1. The molecular formula is C13H13ClN4O4S. The number of carbonyl (C=O) groups excluding carboxylic acids is 1. The highest BCUT2D eigenvalue weighted by molar-refractivity contribution is 7.92. The van der Waals surface area contributed by atoms with E-state index in [-0.39, 0.29) is 27.8 Å². The molecule has 23 heavy (non-hydrogen) atoms. The molecule has 1 amide bonds. The van der Waals surface area contributed by atoms with Gasteiger partial charge < -0.3 is 10.1 Å². The smallest absolute Gasteiger partial charge is 0.319 e. The summed E-state index contributed by atoms with van der Waals surface area (Å²) in [6, 6.07) is 6.86. The minimum Gasteiger partial charge on any atom is -0.467 e. The molecule has 0 fully saturated rings. The Labute approximate surface area is 137 Å². The van der Waals surface area contributed by atoms with Crippen LogP contribution in [0.4, 0.5) is 11.5 Å². The number of nitrogens with one attached hydrogen (secondary N) is 2. The molecule has 0 radical (unpaired) electrons.